The second-order valence-corrected chi connectivity index (χ2v) is 5.02. The first-order valence-corrected chi connectivity index (χ1v) is 6.15. The predicted octanol–water partition coefficient (Wildman–Crippen LogP) is 2.12. The number of piperidine rings is 1. The number of β-amino-alcohol motifs (C(OH)–C–C–N with tert-alkyl or cyclic N) is 1. The molecule has 0 unspecified atom stereocenters. The first kappa shape index (κ1) is 12.8. The van der Waals surface area contributed by atoms with E-state index in [1.165, 1.54) is 0 Å². The van der Waals surface area contributed by atoms with Crippen LogP contribution < -0.4 is 0 Å². The van der Waals surface area contributed by atoms with Gasteiger partial charge in [-0.15, -0.1) is 0 Å². The summed E-state index contributed by atoms with van der Waals surface area (Å²) in [7, 11) is 0. The van der Waals surface area contributed by atoms with E-state index in [0.717, 1.165) is 25.5 Å². The molecule has 96 valence electrons. The van der Waals surface area contributed by atoms with Gasteiger partial charge in [0.15, 0.2) is 0 Å². The van der Waals surface area contributed by atoms with Gasteiger partial charge in [0.2, 0.25) is 0 Å². The third-order valence-corrected chi connectivity index (χ3v) is 3.58. The summed E-state index contributed by atoms with van der Waals surface area (Å²) < 4.78 is 40.9. The topological polar surface area (TPSA) is 36.4 Å². The summed E-state index contributed by atoms with van der Waals surface area (Å²) in [5.74, 6) is 0. The maximum atomic E-state index is 12.4. The van der Waals surface area contributed by atoms with Crippen LogP contribution in [-0.4, -0.2) is 33.6 Å². The van der Waals surface area contributed by atoms with Crippen LogP contribution >= 0.6 is 11.5 Å². The molecule has 1 aliphatic rings. The first-order chi connectivity index (χ1) is 7.95. The summed E-state index contributed by atoms with van der Waals surface area (Å²) in [6.45, 7) is 1.69. The van der Waals surface area contributed by atoms with Gasteiger partial charge in [0, 0.05) is 13.1 Å². The van der Waals surface area contributed by atoms with Crippen LogP contribution in [0.25, 0.3) is 0 Å². The number of hydrogen-bond acceptors (Lipinski definition) is 4. The van der Waals surface area contributed by atoms with E-state index >= 15 is 0 Å². The molecule has 0 spiro atoms. The molecule has 3 nitrogen and oxygen atoms in total. The van der Waals surface area contributed by atoms with Gasteiger partial charge in [-0.3, -0.25) is 4.90 Å². The third kappa shape index (κ3) is 3.40. The molecule has 0 aliphatic carbocycles. The largest absolute Gasteiger partial charge is 0.427 e. The van der Waals surface area contributed by atoms with E-state index in [2.05, 4.69) is 4.37 Å². The standard InChI is InChI=1S/C10H13F3N2OS/c11-10(12,13)9-4-7(14-17-9)5-15-3-1-2-8(16)6-15/h4,8,16H,1-3,5-6H2/t8-/m0/s1. The summed E-state index contributed by atoms with van der Waals surface area (Å²) in [6.07, 6.45) is -3.04. The van der Waals surface area contributed by atoms with Gasteiger partial charge < -0.3 is 5.11 Å². The summed E-state index contributed by atoms with van der Waals surface area (Å²) in [5, 5.41) is 9.45. The fourth-order valence-corrected chi connectivity index (χ4v) is 2.54. The maximum Gasteiger partial charge on any atom is 0.427 e. The van der Waals surface area contributed by atoms with Crippen LogP contribution in [0.1, 0.15) is 23.4 Å². The average Bonchev–Trinajstić information content (AvgIpc) is 2.65. The predicted molar refractivity (Wildman–Crippen MR) is 57.6 cm³/mol. The molecule has 1 N–H and O–H groups in total. The summed E-state index contributed by atoms with van der Waals surface area (Å²) in [6, 6.07) is 1.09. The van der Waals surface area contributed by atoms with E-state index < -0.39 is 11.1 Å². The van der Waals surface area contributed by atoms with Crippen LogP contribution in [0.5, 0.6) is 0 Å². The minimum Gasteiger partial charge on any atom is -0.392 e. The van der Waals surface area contributed by atoms with Gasteiger partial charge in [-0.05, 0) is 37.0 Å². The van der Waals surface area contributed by atoms with E-state index in [1.54, 1.807) is 0 Å². The van der Waals surface area contributed by atoms with E-state index in [1.807, 2.05) is 4.90 Å². The molecular weight excluding hydrogens is 253 g/mol. The van der Waals surface area contributed by atoms with Gasteiger partial charge in [-0.25, -0.2) is 0 Å². The Balaban J connectivity index is 1.97. The van der Waals surface area contributed by atoms with Crippen molar-refractivity contribution in [3.05, 3.63) is 16.6 Å². The molecule has 1 aliphatic heterocycles. The molecule has 1 aromatic rings. The molecule has 17 heavy (non-hydrogen) atoms. The number of nitrogens with zero attached hydrogens (tertiary/aromatic N) is 2. The maximum absolute atomic E-state index is 12.4. The van der Waals surface area contributed by atoms with Crippen molar-refractivity contribution in [3.63, 3.8) is 0 Å². The highest BCUT2D eigenvalue weighted by molar-refractivity contribution is 7.05. The van der Waals surface area contributed by atoms with Crippen molar-refractivity contribution in [1.29, 1.82) is 0 Å². The summed E-state index contributed by atoms with van der Waals surface area (Å²) >= 11 is 0.482. The van der Waals surface area contributed by atoms with Crippen LogP contribution in [0.2, 0.25) is 0 Å². The first-order valence-electron chi connectivity index (χ1n) is 5.38. The molecule has 0 bridgehead atoms. The molecule has 2 rings (SSSR count). The lowest BCUT2D eigenvalue weighted by Gasteiger charge is -2.29. The van der Waals surface area contributed by atoms with Gasteiger partial charge in [0.05, 0.1) is 11.8 Å². The Morgan fingerprint density at radius 3 is 2.88 bits per heavy atom. The average molecular weight is 266 g/mol. The molecule has 2 heterocycles. The molecule has 1 atom stereocenters. The van der Waals surface area contributed by atoms with Crippen molar-refractivity contribution in [2.75, 3.05) is 13.1 Å². The van der Waals surface area contributed by atoms with Crippen LogP contribution in [-0.2, 0) is 12.7 Å². The zero-order valence-corrected chi connectivity index (χ0v) is 9.89. The molecule has 0 saturated carbocycles. The highest BCUT2D eigenvalue weighted by Crippen LogP contribution is 2.32. The SMILES string of the molecule is O[C@H]1CCCN(Cc2cc(C(F)(F)F)sn2)C1. The van der Waals surface area contributed by atoms with Gasteiger partial charge in [0.1, 0.15) is 4.88 Å². The van der Waals surface area contributed by atoms with Gasteiger partial charge in [0.25, 0.3) is 0 Å². The van der Waals surface area contributed by atoms with Crippen molar-refractivity contribution < 1.29 is 18.3 Å². The summed E-state index contributed by atoms with van der Waals surface area (Å²) in [4.78, 5) is 1.27. The minimum atomic E-state index is -4.31. The normalized spacial score (nSPS) is 22.9. The number of aliphatic hydroxyl groups is 1. The Bertz CT molecular complexity index is 380. The number of aliphatic hydroxyl groups excluding tert-OH is 1. The fourth-order valence-electron chi connectivity index (χ4n) is 1.92. The minimum absolute atomic E-state index is 0.371. The zero-order chi connectivity index (χ0) is 12.5. The Kier molecular flexibility index (Phi) is 3.70. The Hall–Kier alpha value is -0.660. The molecule has 0 aromatic carbocycles. The lowest BCUT2D eigenvalue weighted by Crippen LogP contribution is -2.37. The Morgan fingerprint density at radius 2 is 2.29 bits per heavy atom. The van der Waals surface area contributed by atoms with Crippen LogP contribution in [0.4, 0.5) is 13.2 Å². The zero-order valence-electron chi connectivity index (χ0n) is 9.07. The molecular formula is C10H13F3N2OS. The number of likely N-dealkylation sites (tertiary alicyclic amines) is 1. The lowest BCUT2D eigenvalue weighted by atomic mass is 10.1. The number of halogens is 3. The van der Waals surface area contributed by atoms with E-state index in [-0.39, 0.29) is 6.10 Å². The van der Waals surface area contributed by atoms with Crippen molar-refractivity contribution in [1.82, 2.24) is 9.27 Å². The van der Waals surface area contributed by atoms with E-state index in [9.17, 15) is 18.3 Å². The molecule has 0 amide bonds. The van der Waals surface area contributed by atoms with Crippen molar-refractivity contribution >= 4 is 11.5 Å². The molecule has 1 saturated heterocycles. The Morgan fingerprint density at radius 1 is 1.53 bits per heavy atom. The van der Waals surface area contributed by atoms with Gasteiger partial charge >= 0.3 is 6.18 Å². The molecule has 1 fully saturated rings. The number of aromatic nitrogens is 1. The highest BCUT2D eigenvalue weighted by atomic mass is 32.1. The van der Waals surface area contributed by atoms with Crippen LogP contribution in [0.15, 0.2) is 6.07 Å². The van der Waals surface area contributed by atoms with Gasteiger partial charge in [-0.2, -0.15) is 17.5 Å². The number of alkyl halides is 3. The number of hydrogen-bond donors (Lipinski definition) is 1. The molecule has 0 radical (unpaired) electrons. The second kappa shape index (κ2) is 4.91. The van der Waals surface area contributed by atoms with Crippen molar-refractivity contribution in [2.24, 2.45) is 0 Å². The second-order valence-electron chi connectivity index (χ2n) is 4.21. The van der Waals surface area contributed by atoms with Crippen molar-refractivity contribution in [2.45, 2.75) is 31.7 Å². The Labute approximate surface area is 101 Å². The smallest absolute Gasteiger partial charge is 0.392 e. The summed E-state index contributed by atoms with van der Waals surface area (Å²) in [5.41, 5.74) is 0.427. The van der Waals surface area contributed by atoms with Crippen molar-refractivity contribution in [3.8, 4) is 0 Å². The van der Waals surface area contributed by atoms with E-state index in [0.29, 0.717) is 30.3 Å². The van der Waals surface area contributed by atoms with Gasteiger partial charge in [-0.1, -0.05) is 0 Å². The highest BCUT2D eigenvalue weighted by Gasteiger charge is 2.33. The fraction of sp³-hybridized carbons (Fsp3) is 0.700. The lowest BCUT2D eigenvalue weighted by molar-refractivity contribution is -0.134. The quantitative estimate of drug-likeness (QED) is 0.890. The van der Waals surface area contributed by atoms with Crippen LogP contribution in [0.3, 0.4) is 0 Å². The number of rotatable bonds is 2. The molecule has 7 heteroatoms. The van der Waals surface area contributed by atoms with Crippen LogP contribution in [0, 0.1) is 0 Å². The molecule has 1 aromatic heterocycles. The van der Waals surface area contributed by atoms with E-state index in [4.69, 9.17) is 0 Å². The third-order valence-electron chi connectivity index (χ3n) is 2.70. The monoisotopic (exact) mass is 266 g/mol.